The van der Waals surface area contributed by atoms with E-state index in [9.17, 15) is 4.79 Å². The van der Waals surface area contributed by atoms with E-state index in [2.05, 4.69) is 11.9 Å². The molecule has 0 radical (unpaired) electrons. The Kier molecular flexibility index (Phi) is 4.92. The average Bonchev–Trinajstić information content (AvgIpc) is 2.35. The first-order valence-corrected chi connectivity index (χ1v) is 5.55. The Balaban J connectivity index is 2.61. The van der Waals surface area contributed by atoms with Crippen LogP contribution in [0.5, 0.6) is 0 Å². The molecular weight excluding hydrogens is 202 g/mol. The maximum absolute atomic E-state index is 11.9. The van der Waals surface area contributed by atoms with Crippen LogP contribution in [0, 0.1) is 5.92 Å². The number of anilines is 1. The summed E-state index contributed by atoms with van der Waals surface area (Å²) in [5, 5.41) is 0. The summed E-state index contributed by atoms with van der Waals surface area (Å²) in [7, 11) is 1.78. The molecule has 0 aromatic carbocycles. The number of rotatable bonds is 5. The Labute approximate surface area is 96.5 Å². The second-order valence-electron chi connectivity index (χ2n) is 3.87. The predicted octanol–water partition coefficient (Wildman–Crippen LogP) is 1.42. The van der Waals surface area contributed by atoms with Gasteiger partial charge in [-0.3, -0.25) is 9.78 Å². The fraction of sp³-hybridized carbons (Fsp3) is 0.500. The first-order chi connectivity index (χ1) is 7.69. The van der Waals surface area contributed by atoms with Crippen LogP contribution >= 0.6 is 0 Å². The summed E-state index contributed by atoms with van der Waals surface area (Å²) in [6.07, 6.45) is 4.80. The lowest BCUT2D eigenvalue weighted by Gasteiger charge is -2.20. The summed E-state index contributed by atoms with van der Waals surface area (Å²) < 4.78 is 0. The van der Waals surface area contributed by atoms with Gasteiger partial charge in [0.25, 0.3) is 0 Å². The second-order valence-corrected chi connectivity index (χ2v) is 3.87. The Hall–Kier alpha value is -1.42. The summed E-state index contributed by atoms with van der Waals surface area (Å²) in [5.41, 5.74) is 6.46. The molecule has 1 aromatic rings. The number of aromatic nitrogens is 1. The molecular formula is C12H19N3O. The summed E-state index contributed by atoms with van der Waals surface area (Å²) in [4.78, 5) is 17.5. The van der Waals surface area contributed by atoms with Crippen molar-refractivity contribution in [3.05, 3.63) is 24.5 Å². The number of nitrogens with two attached hydrogens (primary N) is 1. The van der Waals surface area contributed by atoms with Crippen LogP contribution in [0.15, 0.2) is 24.5 Å². The van der Waals surface area contributed by atoms with Crippen molar-refractivity contribution in [2.24, 2.45) is 11.7 Å². The SMILES string of the molecule is CCC(CN)CC(=O)N(C)c1ccncc1. The number of pyridine rings is 1. The lowest BCUT2D eigenvalue weighted by molar-refractivity contribution is -0.119. The largest absolute Gasteiger partial charge is 0.330 e. The minimum Gasteiger partial charge on any atom is -0.330 e. The van der Waals surface area contributed by atoms with E-state index < -0.39 is 0 Å². The van der Waals surface area contributed by atoms with Crippen molar-refractivity contribution in [2.75, 3.05) is 18.5 Å². The fourth-order valence-corrected chi connectivity index (χ4v) is 1.49. The van der Waals surface area contributed by atoms with Crippen molar-refractivity contribution in [2.45, 2.75) is 19.8 Å². The number of carbonyl (C=O) groups is 1. The number of carbonyl (C=O) groups excluding carboxylic acids is 1. The molecule has 0 spiro atoms. The van der Waals surface area contributed by atoms with Crippen molar-refractivity contribution in [3.63, 3.8) is 0 Å². The first kappa shape index (κ1) is 12.6. The van der Waals surface area contributed by atoms with E-state index >= 15 is 0 Å². The van der Waals surface area contributed by atoms with E-state index in [1.165, 1.54) is 0 Å². The molecule has 0 aliphatic carbocycles. The monoisotopic (exact) mass is 221 g/mol. The number of hydrogen-bond donors (Lipinski definition) is 1. The topological polar surface area (TPSA) is 59.2 Å². The van der Waals surface area contributed by atoms with Crippen molar-refractivity contribution >= 4 is 11.6 Å². The molecule has 0 bridgehead atoms. The van der Waals surface area contributed by atoms with Crippen molar-refractivity contribution in [1.82, 2.24) is 4.98 Å². The predicted molar refractivity (Wildman–Crippen MR) is 65.1 cm³/mol. The first-order valence-electron chi connectivity index (χ1n) is 5.55. The molecule has 4 nitrogen and oxygen atoms in total. The van der Waals surface area contributed by atoms with E-state index in [1.807, 2.05) is 12.1 Å². The van der Waals surface area contributed by atoms with E-state index in [0.717, 1.165) is 12.1 Å². The molecule has 1 aromatic heterocycles. The minimum atomic E-state index is 0.100. The van der Waals surface area contributed by atoms with Gasteiger partial charge >= 0.3 is 0 Å². The Bertz CT molecular complexity index is 322. The normalized spacial score (nSPS) is 12.2. The Morgan fingerprint density at radius 3 is 2.62 bits per heavy atom. The maximum Gasteiger partial charge on any atom is 0.227 e. The van der Waals surface area contributed by atoms with Crippen LogP contribution in [0.2, 0.25) is 0 Å². The molecule has 1 amide bonds. The zero-order valence-corrected chi connectivity index (χ0v) is 9.89. The second kappa shape index (κ2) is 6.23. The minimum absolute atomic E-state index is 0.100. The smallest absolute Gasteiger partial charge is 0.227 e. The van der Waals surface area contributed by atoms with Gasteiger partial charge in [0, 0.05) is 31.5 Å². The summed E-state index contributed by atoms with van der Waals surface area (Å²) >= 11 is 0. The number of nitrogens with zero attached hydrogens (tertiary/aromatic N) is 2. The number of amides is 1. The van der Waals surface area contributed by atoms with Gasteiger partial charge < -0.3 is 10.6 Å². The third-order valence-electron chi connectivity index (χ3n) is 2.80. The van der Waals surface area contributed by atoms with E-state index in [0.29, 0.717) is 13.0 Å². The fourth-order valence-electron chi connectivity index (χ4n) is 1.49. The molecule has 1 rings (SSSR count). The zero-order chi connectivity index (χ0) is 12.0. The number of hydrogen-bond acceptors (Lipinski definition) is 3. The van der Waals surface area contributed by atoms with Gasteiger partial charge in [0.15, 0.2) is 0 Å². The molecule has 16 heavy (non-hydrogen) atoms. The highest BCUT2D eigenvalue weighted by Crippen LogP contribution is 2.14. The third-order valence-corrected chi connectivity index (χ3v) is 2.80. The summed E-state index contributed by atoms with van der Waals surface area (Å²) in [6.45, 7) is 2.61. The highest BCUT2D eigenvalue weighted by atomic mass is 16.2. The maximum atomic E-state index is 11.9. The molecule has 1 heterocycles. The van der Waals surface area contributed by atoms with Gasteiger partial charge in [-0.2, -0.15) is 0 Å². The van der Waals surface area contributed by atoms with Crippen LogP contribution in [0.25, 0.3) is 0 Å². The van der Waals surface area contributed by atoms with Gasteiger partial charge in [0.2, 0.25) is 5.91 Å². The van der Waals surface area contributed by atoms with E-state index in [4.69, 9.17) is 5.73 Å². The molecule has 88 valence electrons. The molecule has 0 aliphatic heterocycles. The van der Waals surface area contributed by atoms with Gasteiger partial charge in [-0.1, -0.05) is 13.3 Å². The van der Waals surface area contributed by atoms with Gasteiger partial charge in [-0.15, -0.1) is 0 Å². The van der Waals surface area contributed by atoms with Crippen LogP contribution in [0.3, 0.4) is 0 Å². The van der Waals surface area contributed by atoms with Crippen LogP contribution in [-0.2, 0) is 4.79 Å². The van der Waals surface area contributed by atoms with Crippen LogP contribution < -0.4 is 10.6 Å². The molecule has 4 heteroatoms. The van der Waals surface area contributed by atoms with Crippen molar-refractivity contribution in [1.29, 1.82) is 0 Å². The molecule has 0 saturated heterocycles. The van der Waals surface area contributed by atoms with E-state index in [1.54, 1.807) is 24.3 Å². The Morgan fingerprint density at radius 2 is 2.12 bits per heavy atom. The highest BCUT2D eigenvalue weighted by Gasteiger charge is 2.15. The van der Waals surface area contributed by atoms with Gasteiger partial charge in [0.05, 0.1) is 0 Å². The molecule has 1 atom stereocenters. The van der Waals surface area contributed by atoms with E-state index in [-0.39, 0.29) is 11.8 Å². The van der Waals surface area contributed by atoms with Crippen molar-refractivity contribution in [3.8, 4) is 0 Å². The summed E-state index contributed by atoms with van der Waals surface area (Å²) in [5.74, 6) is 0.375. The van der Waals surface area contributed by atoms with Gasteiger partial charge in [-0.05, 0) is 24.6 Å². The zero-order valence-electron chi connectivity index (χ0n) is 9.89. The lowest BCUT2D eigenvalue weighted by Crippen LogP contribution is -2.30. The molecule has 2 N–H and O–H groups in total. The van der Waals surface area contributed by atoms with Crippen LogP contribution in [0.4, 0.5) is 5.69 Å². The van der Waals surface area contributed by atoms with Crippen LogP contribution in [-0.4, -0.2) is 24.5 Å². The molecule has 0 saturated carbocycles. The standard InChI is InChI=1S/C12H19N3O/c1-3-10(9-13)8-12(16)15(2)11-4-6-14-7-5-11/h4-7,10H,3,8-9,13H2,1-2H3. The Morgan fingerprint density at radius 1 is 1.50 bits per heavy atom. The van der Waals surface area contributed by atoms with Gasteiger partial charge in [0.1, 0.15) is 0 Å². The van der Waals surface area contributed by atoms with Crippen molar-refractivity contribution < 1.29 is 4.79 Å². The molecule has 1 unspecified atom stereocenters. The quantitative estimate of drug-likeness (QED) is 0.818. The average molecular weight is 221 g/mol. The lowest BCUT2D eigenvalue weighted by atomic mass is 10.0. The van der Waals surface area contributed by atoms with Crippen LogP contribution in [0.1, 0.15) is 19.8 Å². The highest BCUT2D eigenvalue weighted by molar-refractivity contribution is 5.92. The summed E-state index contributed by atoms with van der Waals surface area (Å²) in [6, 6.07) is 3.64. The molecule has 0 fully saturated rings. The third kappa shape index (κ3) is 3.31. The van der Waals surface area contributed by atoms with Gasteiger partial charge in [-0.25, -0.2) is 0 Å². The molecule has 0 aliphatic rings.